The van der Waals surface area contributed by atoms with Gasteiger partial charge < -0.3 is 5.32 Å². The van der Waals surface area contributed by atoms with Gasteiger partial charge in [0.15, 0.2) is 5.78 Å². The fraction of sp³-hybridized carbons (Fsp3) is 0.250. The number of nitrogens with zero attached hydrogens (tertiary/aromatic N) is 2. The van der Waals surface area contributed by atoms with E-state index in [1.54, 1.807) is 0 Å². The molecular weight excluding hydrogens is 462 g/mol. The van der Waals surface area contributed by atoms with Gasteiger partial charge in [0.05, 0.1) is 5.69 Å². The van der Waals surface area contributed by atoms with Gasteiger partial charge >= 0.3 is 0 Å². The van der Waals surface area contributed by atoms with E-state index in [0.29, 0.717) is 11.4 Å². The number of anilines is 1. The van der Waals surface area contributed by atoms with Crippen LogP contribution in [0.3, 0.4) is 0 Å². The van der Waals surface area contributed by atoms with Gasteiger partial charge in [-0.05, 0) is 41.7 Å². The normalized spacial score (nSPS) is 19.9. The zero-order valence-corrected chi connectivity index (χ0v) is 19.1. The summed E-state index contributed by atoms with van der Waals surface area (Å²) in [5.74, 6) is 1.08. The molecule has 1 aromatic heterocycles. The lowest BCUT2D eigenvalue weighted by atomic mass is 9.73. The van der Waals surface area contributed by atoms with E-state index in [2.05, 4.69) is 41.2 Å². The Hall–Kier alpha value is -2.37. The highest BCUT2D eigenvalue weighted by Crippen LogP contribution is 2.46. The monoisotopic (exact) mass is 481 g/mol. The lowest BCUT2D eigenvalue weighted by Gasteiger charge is -2.38. The minimum absolute atomic E-state index is 0.0653. The third kappa shape index (κ3) is 3.40. The number of hydrogen-bond acceptors (Lipinski definition) is 3. The van der Waals surface area contributed by atoms with Crippen LogP contribution in [0.1, 0.15) is 38.3 Å². The molecule has 0 bridgehead atoms. The number of allylic oxidation sites excluding steroid dienone is 2. The molecule has 1 atom stereocenters. The highest BCUT2D eigenvalue weighted by atomic mass is 79.9. The van der Waals surface area contributed by atoms with Gasteiger partial charge in [-0.2, -0.15) is 5.10 Å². The van der Waals surface area contributed by atoms with Crippen LogP contribution in [0.15, 0.2) is 70.3 Å². The summed E-state index contributed by atoms with van der Waals surface area (Å²) in [6.45, 7) is 4.29. The molecule has 0 spiro atoms. The van der Waals surface area contributed by atoms with Crippen molar-refractivity contribution in [1.29, 1.82) is 0 Å². The first kappa shape index (κ1) is 19.6. The molecule has 2 heterocycles. The lowest BCUT2D eigenvalue weighted by molar-refractivity contribution is -0.118. The first-order valence-corrected chi connectivity index (χ1v) is 11.1. The summed E-state index contributed by atoms with van der Waals surface area (Å²) in [7, 11) is 0. The van der Waals surface area contributed by atoms with Crippen LogP contribution in [0.2, 0.25) is 5.02 Å². The molecule has 2 aliphatic rings. The summed E-state index contributed by atoms with van der Waals surface area (Å²) in [6.07, 6.45) is 1.37. The van der Waals surface area contributed by atoms with Crippen molar-refractivity contribution in [2.24, 2.45) is 5.41 Å². The van der Waals surface area contributed by atoms with Crippen LogP contribution in [0.4, 0.5) is 5.82 Å². The fourth-order valence-corrected chi connectivity index (χ4v) is 4.83. The molecule has 6 heteroatoms. The van der Waals surface area contributed by atoms with Crippen molar-refractivity contribution in [2.45, 2.75) is 32.7 Å². The molecule has 5 rings (SSSR count). The van der Waals surface area contributed by atoms with E-state index in [1.165, 1.54) is 0 Å². The third-order valence-electron chi connectivity index (χ3n) is 5.78. The maximum Gasteiger partial charge on any atom is 0.163 e. The zero-order chi connectivity index (χ0) is 21.0. The SMILES string of the molecule is CC1(C)CC(=O)C2=C(C1)Nc1cc(-c3ccc(Br)cc3)nn1[C@@H]2c1ccc(Cl)cc1. The fourth-order valence-electron chi connectivity index (χ4n) is 4.44. The van der Waals surface area contributed by atoms with Crippen molar-refractivity contribution in [3.8, 4) is 11.3 Å². The average molecular weight is 483 g/mol. The molecule has 4 nitrogen and oxygen atoms in total. The van der Waals surface area contributed by atoms with Crippen LogP contribution in [-0.2, 0) is 4.79 Å². The van der Waals surface area contributed by atoms with E-state index in [4.69, 9.17) is 16.7 Å². The molecule has 3 aromatic rings. The van der Waals surface area contributed by atoms with E-state index >= 15 is 0 Å². The van der Waals surface area contributed by atoms with Crippen molar-refractivity contribution < 1.29 is 4.79 Å². The van der Waals surface area contributed by atoms with Gasteiger partial charge in [-0.1, -0.05) is 65.6 Å². The summed E-state index contributed by atoms with van der Waals surface area (Å²) < 4.78 is 2.97. The van der Waals surface area contributed by atoms with E-state index < -0.39 is 0 Å². The average Bonchev–Trinajstić information content (AvgIpc) is 3.10. The molecule has 152 valence electrons. The Morgan fingerprint density at radius 3 is 2.50 bits per heavy atom. The topological polar surface area (TPSA) is 46.9 Å². The van der Waals surface area contributed by atoms with E-state index in [-0.39, 0.29) is 17.2 Å². The molecule has 2 aromatic carbocycles. The maximum atomic E-state index is 13.2. The number of aromatic nitrogens is 2. The number of halogens is 2. The van der Waals surface area contributed by atoms with Gasteiger partial charge in [-0.25, -0.2) is 4.68 Å². The number of carbonyl (C=O) groups excluding carboxylic acids is 1. The van der Waals surface area contributed by atoms with Crippen LogP contribution >= 0.6 is 27.5 Å². The summed E-state index contributed by atoms with van der Waals surface area (Å²) >= 11 is 9.62. The van der Waals surface area contributed by atoms with Crippen LogP contribution in [0.5, 0.6) is 0 Å². The van der Waals surface area contributed by atoms with Crippen LogP contribution in [-0.4, -0.2) is 15.6 Å². The van der Waals surface area contributed by atoms with E-state index in [0.717, 1.165) is 44.8 Å². The minimum atomic E-state index is -0.263. The van der Waals surface area contributed by atoms with E-state index in [1.807, 2.05) is 53.2 Å². The quantitative estimate of drug-likeness (QED) is 0.446. The molecule has 0 saturated carbocycles. The number of ketones is 1. The molecule has 0 fully saturated rings. The van der Waals surface area contributed by atoms with Crippen molar-refractivity contribution in [3.05, 3.63) is 80.9 Å². The molecule has 1 N–H and O–H groups in total. The van der Waals surface area contributed by atoms with Crippen molar-refractivity contribution >= 4 is 39.1 Å². The predicted octanol–water partition coefficient (Wildman–Crippen LogP) is 6.62. The Morgan fingerprint density at radius 1 is 1.10 bits per heavy atom. The Kier molecular flexibility index (Phi) is 4.64. The predicted molar refractivity (Wildman–Crippen MR) is 124 cm³/mol. The van der Waals surface area contributed by atoms with Crippen LogP contribution < -0.4 is 5.32 Å². The van der Waals surface area contributed by atoms with Crippen molar-refractivity contribution in [3.63, 3.8) is 0 Å². The molecule has 0 amide bonds. The Morgan fingerprint density at radius 2 is 1.80 bits per heavy atom. The first-order chi connectivity index (χ1) is 14.3. The van der Waals surface area contributed by atoms with Gasteiger partial charge in [0.2, 0.25) is 0 Å². The van der Waals surface area contributed by atoms with Crippen molar-refractivity contribution in [2.75, 3.05) is 5.32 Å². The molecular formula is C24H21BrClN3O. The summed E-state index contributed by atoms with van der Waals surface area (Å²) in [5.41, 5.74) is 4.66. The third-order valence-corrected chi connectivity index (χ3v) is 6.56. The molecule has 0 radical (unpaired) electrons. The second-order valence-electron chi connectivity index (χ2n) is 8.78. The van der Waals surface area contributed by atoms with Gasteiger partial charge in [-0.3, -0.25) is 4.79 Å². The summed E-state index contributed by atoms with van der Waals surface area (Å²) in [6, 6.07) is 17.6. The van der Waals surface area contributed by atoms with Gasteiger partial charge in [0.25, 0.3) is 0 Å². The van der Waals surface area contributed by atoms with Gasteiger partial charge in [0, 0.05) is 38.8 Å². The Balaban J connectivity index is 1.67. The standard InChI is InChI=1S/C24H21BrClN3O/c1-24(2)12-19-22(20(30)13-24)23(15-5-9-17(26)10-6-15)29-21(27-19)11-18(28-29)14-3-7-16(25)8-4-14/h3-11,23,27H,12-13H2,1-2H3/t23-/m1/s1. The smallest absolute Gasteiger partial charge is 0.163 e. The largest absolute Gasteiger partial charge is 0.343 e. The number of rotatable bonds is 2. The number of benzene rings is 2. The minimum Gasteiger partial charge on any atom is -0.343 e. The molecule has 30 heavy (non-hydrogen) atoms. The summed E-state index contributed by atoms with van der Waals surface area (Å²) in [4.78, 5) is 13.2. The van der Waals surface area contributed by atoms with Gasteiger partial charge in [0.1, 0.15) is 11.9 Å². The zero-order valence-electron chi connectivity index (χ0n) is 16.7. The number of fused-ring (bicyclic) bond motifs is 1. The second kappa shape index (κ2) is 7.10. The molecule has 0 unspecified atom stereocenters. The Labute approximate surface area is 189 Å². The number of nitrogens with one attached hydrogen (secondary N) is 1. The lowest BCUT2D eigenvalue weighted by Crippen LogP contribution is -2.36. The Bertz CT molecular complexity index is 1180. The first-order valence-electron chi connectivity index (χ1n) is 9.95. The summed E-state index contributed by atoms with van der Waals surface area (Å²) in [5, 5.41) is 9.11. The highest BCUT2D eigenvalue weighted by molar-refractivity contribution is 9.10. The molecule has 1 aliphatic heterocycles. The highest BCUT2D eigenvalue weighted by Gasteiger charge is 2.41. The number of hydrogen-bond donors (Lipinski definition) is 1. The van der Waals surface area contributed by atoms with Gasteiger partial charge in [-0.15, -0.1) is 0 Å². The van der Waals surface area contributed by atoms with Crippen LogP contribution in [0, 0.1) is 5.41 Å². The second-order valence-corrected chi connectivity index (χ2v) is 10.1. The number of carbonyl (C=O) groups is 1. The van der Waals surface area contributed by atoms with E-state index in [9.17, 15) is 4.79 Å². The van der Waals surface area contributed by atoms with Crippen molar-refractivity contribution in [1.82, 2.24) is 9.78 Å². The van der Waals surface area contributed by atoms with Crippen LogP contribution in [0.25, 0.3) is 11.3 Å². The number of Topliss-reactive ketones (excluding diaryl/α,β-unsaturated/α-hetero) is 1. The molecule has 1 aliphatic carbocycles. The molecule has 0 saturated heterocycles. The maximum absolute atomic E-state index is 13.2.